The highest BCUT2D eigenvalue weighted by atomic mass is 16.4. The Bertz CT molecular complexity index is 671. The van der Waals surface area contributed by atoms with E-state index in [-0.39, 0.29) is 6.04 Å². The lowest BCUT2D eigenvalue weighted by Gasteiger charge is -2.20. The molecule has 2 N–H and O–H groups in total. The van der Waals surface area contributed by atoms with Crippen molar-refractivity contribution in [2.45, 2.75) is 13.0 Å². The minimum Gasteiger partial charge on any atom is -0.481 e. The van der Waals surface area contributed by atoms with Crippen LogP contribution in [0, 0.1) is 5.92 Å². The van der Waals surface area contributed by atoms with Crippen LogP contribution in [0.3, 0.4) is 0 Å². The number of hydrogen-bond acceptors (Lipinski definition) is 4. The summed E-state index contributed by atoms with van der Waals surface area (Å²) in [4.78, 5) is 22.5. The van der Waals surface area contributed by atoms with Gasteiger partial charge >= 0.3 is 11.7 Å². The van der Waals surface area contributed by atoms with Crippen LogP contribution in [0.15, 0.2) is 27.4 Å². The van der Waals surface area contributed by atoms with Crippen LogP contribution >= 0.6 is 0 Å². The number of aromatic nitrogens is 1. The Morgan fingerprint density at radius 1 is 1.47 bits per heavy atom. The van der Waals surface area contributed by atoms with Crippen molar-refractivity contribution in [3.05, 3.63) is 34.3 Å². The summed E-state index contributed by atoms with van der Waals surface area (Å²) in [5.74, 6) is -1.88. The third-order valence-electron chi connectivity index (χ3n) is 3.38. The van der Waals surface area contributed by atoms with Crippen LogP contribution in [0.25, 0.3) is 11.1 Å². The Balaban J connectivity index is 2.52. The zero-order chi connectivity index (χ0) is 14.2. The normalized spacial score (nSPS) is 14.5. The Morgan fingerprint density at radius 2 is 2.16 bits per heavy atom. The molecule has 0 bridgehead atoms. The lowest BCUT2D eigenvalue weighted by Crippen LogP contribution is -2.28. The summed E-state index contributed by atoms with van der Waals surface area (Å²) in [6.45, 7) is 1.64. The molecule has 0 aliphatic rings. The third kappa shape index (κ3) is 2.26. The molecule has 2 atom stereocenters. The van der Waals surface area contributed by atoms with Crippen LogP contribution < -0.4 is 11.1 Å². The molecule has 6 nitrogen and oxygen atoms in total. The number of benzene rings is 1. The maximum atomic E-state index is 11.4. The van der Waals surface area contributed by atoms with Gasteiger partial charge in [0.05, 0.1) is 11.4 Å². The van der Waals surface area contributed by atoms with Gasteiger partial charge in [0, 0.05) is 13.1 Å². The second kappa shape index (κ2) is 4.89. The molecular formula is C13H16N2O4. The molecule has 102 valence electrons. The van der Waals surface area contributed by atoms with Crippen LogP contribution in [0.1, 0.15) is 18.5 Å². The molecule has 0 saturated carbocycles. The Hall–Kier alpha value is -2.08. The minimum absolute atomic E-state index is 0.327. The smallest absolute Gasteiger partial charge is 0.419 e. The number of carboxylic acids is 1. The fourth-order valence-electron chi connectivity index (χ4n) is 2.19. The van der Waals surface area contributed by atoms with E-state index in [1.54, 1.807) is 39.2 Å². The van der Waals surface area contributed by atoms with Gasteiger partial charge in [-0.1, -0.05) is 13.0 Å². The molecule has 0 aliphatic heterocycles. The van der Waals surface area contributed by atoms with Gasteiger partial charge in [-0.2, -0.15) is 0 Å². The van der Waals surface area contributed by atoms with Crippen molar-refractivity contribution >= 4 is 17.1 Å². The van der Waals surface area contributed by atoms with Gasteiger partial charge in [-0.3, -0.25) is 9.36 Å². The monoisotopic (exact) mass is 264 g/mol. The molecule has 0 spiro atoms. The van der Waals surface area contributed by atoms with Gasteiger partial charge in [0.15, 0.2) is 5.58 Å². The number of aliphatic carboxylic acids is 1. The molecule has 0 fully saturated rings. The molecule has 6 heteroatoms. The first kappa shape index (κ1) is 13.4. The molecule has 0 radical (unpaired) electrons. The Kier molecular flexibility index (Phi) is 3.44. The fourth-order valence-corrected chi connectivity index (χ4v) is 2.19. The van der Waals surface area contributed by atoms with Crippen molar-refractivity contribution in [2.75, 3.05) is 7.05 Å². The first-order valence-electron chi connectivity index (χ1n) is 5.95. The van der Waals surface area contributed by atoms with Crippen molar-refractivity contribution in [3.63, 3.8) is 0 Å². The molecule has 0 amide bonds. The van der Waals surface area contributed by atoms with Gasteiger partial charge in [-0.15, -0.1) is 0 Å². The summed E-state index contributed by atoms with van der Waals surface area (Å²) in [5, 5.41) is 12.1. The average Bonchev–Trinajstić information content (AvgIpc) is 2.66. The highest BCUT2D eigenvalue weighted by molar-refractivity contribution is 5.75. The topological polar surface area (TPSA) is 84.5 Å². The van der Waals surface area contributed by atoms with Crippen LogP contribution in [-0.4, -0.2) is 22.7 Å². The minimum atomic E-state index is -0.875. The van der Waals surface area contributed by atoms with Crippen molar-refractivity contribution < 1.29 is 14.3 Å². The maximum absolute atomic E-state index is 11.4. The van der Waals surface area contributed by atoms with Crippen molar-refractivity contribution in [2.24, 2.45) is 13.0 Å². The van der Waals surface area contributed by atoms with Crippen LogP contribution in [0.2, 0.25) is 0 Å². The number of oxazole rings is 1. The molecule has 0 aliphatic carbocycles. The van der Waals surface area contributed by atoms with E-state index in [4.69, 9.17) is 9.52 Å². The standard InChI is InChI=1S/C13H16N2O4/c1-7(12(16)17)11(14-2)8-4-5-10-9(6-8)15(3)13(18)19-10/h4-7,11,14H,1-3H3,(H,16,17). The highest BCUT2D eigenvalue weighted by Crippen LogP contribution is 2.25. The number of nitrogens with zero attached hydrogens (tertiary/aromatic N) is 1. The van der Waals surface area contributed by atoms with Gasteiger partial charge in [0.25, 0.3) is 0 Å². The van der Waals surface area contributed by atoms with E-state index in [1.165, 1.54) is 4.57 Å². The first-order valence-corrected chi connectivity index (χ1v) is 5.95. The van der Waals surface area contributed by atoms with E-state index >= 15 is 0 Å². The van der Waals surface area contributed by atoms with E-state index < -0.39 is 17.6 Å². The quantitative estimate of drug-likeness (QED) is 0.864. The molecule has 2 unspecified atom stereocenters. The summed E-state index contributed by atoms with van der Waals surface area (Å²) in [6, 6.07) is 4.91. The number of carbonyl (C=O) groups is 1. The molecule has 1 aromatic carbocycles. The Morgan fingerprint density at radius 3 is 2.74 bits per heavy atom. The number of nitrogens with one attached hydrogen (secondary N) is 1. The van der Waals surface area contributed by atoms with Gasteiger partial charge in [-0.25, -0.2) is 4.79 Å². The highest BCUT2D eigenvalue weighted by Gasteiger charge is 2.24. The van der Waals surface area contributed by atoms with E-state index in [0.717, 1.165) is 5.56 Å². The number of carboxylic acid groups (broad SMARTS) is 1. The zero-order valence-corrected chi connectivity index (χ0v) is 11.0. The lowest BCUT2D eigenvalue weighted by molar-refractivity contribution is -0.142. The number of rotatable bonds is 4. The van der Waals surface area contributed by atoms with Crippen LogP contribution in [-0.2, 0) is 11.8 Å². The summed E-state index contributed by atoms with van der Waals surface area (Å²) in [6.07, 6.45) is 0. The van der Waals surface area contributed by atoms with E-state index in [9.17, 15) is 9.59 Å². The molecule has 0 saturated heterocycles. The molecule has 19 heavy (non-hydrogen) atoms. The first-order chi connectivity index (χ1) is 8.95. The maximum Gasteiger partial charge on any atom is 0.419 e. The van der Waals surface area contributed by atoms with Crippen molar-refractivity contribution in [1.82, 2.24) is 9.88 Å². The van der Waals surface area contributed by atoms with Gasteiger partial charge in [-0.05, 0) is 24.7 Å². The number of hydrogen-bond donors (Lipinski definition) is 2. The second-order valence-corrected chi connectivity index (χ2v) is 4.55. The van der Waals surface area contributed by atoms with E-state index in [0.29, 0.717) is 11.1 Å². The number of aryl methyl sites for hydroxylation is 1. The summed E-state index contributed by atoms with van der Waals surface area (Å²) < 4.78 is 6.45. The van der Waals surface area contributed by atoms with E-state index in [1.807, 2.05) is 0 Å². The molecule has 1 heterocycles. The lowest BCUT2D eigenvalue weighted by atomic mass is 9.94. The predicted octanol–water partition coefficient (Wildman–Crippen LogP) is 1.11. The SMILES string of the molecule is CNC(c1ccc2oc(=O)n(C)c2c1)C(C)C(=O)O. The second-order valence-electron chi connectivity index (χ2n) is 4.55. The summed E-state index contributed by atoms with van der Waals surface area (Å²) in [7, 11) is 3.33. The number of fused-ring (bicyclic) bond motifs is 1. The largest absolute Gasteiger partial charge is 0.481 e. The van der Waals surface area contributed by atoms with Crippen molar-refractivity contribution in [1.29, 1.82) is 0 Å². The zero-order valence-electron chi connectivity index (χ0n) is 11.0. The van der Waals surface area contributed by atoms with Crippen LogP contribution in [0.5, 0.6) is 0 Å². The summed E-state index contributed by atoms with van der Waals surface area (Å²) in [5.41, 5.74) is 1.95. The van der Waals surface area contributed by atoms with Gasteiger partial charge < -0.3 is 14.8 Å². The molecule has 1 aromatic heterocycles. The summed E-state index contributed by atoms with van der Waals surface area (Å²) >= 11 is 0. The van der Waals surface area contributed by atoms with Gasteiger partial charge in [0.1, 0.15) is 0 Å². The fraction of sp³-hybridized carbons (Fsp3) is 0.385. The van der Waals surface area contributed by atoms with Crippen LogP contribution in [0.4, 0.5) is 0 Å². The molecular weight excluding hydrogens is 248 g/mol. The average molecular weight is 264 g/mol. The van der Waals surface area contributed by atoms with Gasteiger partial charge in [0.2, 0.25) is 0 Å². The Labute approximate surface area is 109 Å². The van der Waals surface area contributed by atoms with E-state index in [2.05, 4.69) is 5.32 Å². The molecule has 2 aromatic rings. The third-order valence-corrected chi connectivity index (χ3v) is 3.38. The van der Waals surface area contributed by atoms with Crippen molar-refractivity contribution in [3.8, 4) is 0 Å². The molecule has 2 rings (SSSR count). The predicted molar refractivity (Wildman–Crippen MR) is 70.1 cm³/mol.